The first-order chi connectivity index (χ1) is 12.6. The number of methoxy groups -OCH3 is 1. The topological polar surface area (TPSA) is 80.4 Å². The van der Waals surface area contributed by atoms with Crippen molar-refractivity contribution < 1.29 is 4.74 Å². The molecule has 26 heavy (non-hydrogen) atoms. The summed E-state index contributed by atoms with van der Waals surface area (Å²) in [4.78, 5) is 18.0. The highest BCUT2D eigenvalue weighted by Gasteiger charge is 2.25. The van der Waals surface area contributed by atoms with E-state index in [4.69, 9.17) is 15.5 Å². The van der Waals surface area contributed by atoms with Crippen LogP contribution in [0.5, 0.6) is 0 Å². The molecule has 2 N–H and O–H groups in total. The summed E-state index contributed by atoms with van der Waals surface area (Å²) in [5, 5.41) is 0. The molecule has 3 rings (SSSR count). The minimum absolute atomic E-state index is 0.419. The minimum Gasteiger partial charge on any atom is -0.384 e. The van der Waals surface area contributed by atoms with Gasteiger partial charge in [0.05, 0.1) is 12.3 Å². The summed E-state index contributed by atoms with van der Waals surface area (Å²) in [5.41, 5.74) is 8.92. The molecule has 2 aromatic rings. The summed E-state index contributed by atoms with van der Waals surface area (Å²) in [7, 11) is 5.69. The standard InChI is InChI=1S/C19H28N6O/c1-24(2)19-22-13-16(15-4-5-17(20)21-12-15)18(23-19)14-6-8-25(9-7-14)10-11-26-3/h4-5,12-14H,6-11H2,1-3H3,(H2,20,21). The number of anilines is 2. The molecule has 0 radical (unpaired) electrons. The Balaban J connectivity index is 1.86. The molecule has 1 fully saturated rings. The molecule has 1 aliphatic rings. The van der Waals surface area contributed by atoms with Crippen molar-refractivity contribution in [3.8, 4) is 11.1 Å². The Hall–Kier alpha value is -2.25. The number of hydrogen-bond acceptors (Lipinski definition) is 7. The van der Waals surface area contributed by atoms with Gasteiger partial charge in [-0.3, -0.25) is 0 Å². The molecule has 0 spiro atoms. The predicted molar refractivity (Wildman–Crippen MR) is 104 cm³/mol. The highest BCUT2D eigenvalue weighted by atomic mass is 16.5. The van der Waals surface area contributed by atoms with Crippen LogP contribution in [-0.4, -0.2) is 67.3 Å². The zero-order valence-electron chi connectivity index (χ0n) is 15.9. The van der Waals surface area contributed by atoms with Crippen molar-refractivity contribution >= 4 is 11.8 Å². The molecule has 140 valence electrons. The number of nitrogens with two attached hydrogens (primary N) is 1. The molecule has 0 saturated carbocycles. The van der Waals surface area contributed by atoms with Gasteiger partial charge in [0.1, 0.15) is 5.82 Å². The smallest absolute Gasteiger partial charge is 0.225 e. The van der Waals surface area contributed by atoms with Crippen LogP contribution in [0.1, 0.15) is 24.5 Å². The van der Waals surface area contributed by atoms with E-state index in [9.17, 15) is 0 Å². The molecule has 7 nitrogen and oxygen atoms in total. The second-order valence-electron chi connectivity index (χ2n) is 6.94. The zero-order chi connectivity index (χ0) is 18.5. The highest BCUT2D eigenvalue weighted by Crippen LogP contribution is 2.34. The third-order valence-electron chi connectivity index (χ3n) is 4.89. The fourth-order valence-corrected chi connectivity index (χ4v) is 3.35. The van der Waals surface area contributed by atoms with Crippen molar-refractivity contribution in [3.05, 3.63) is 30.2 Å². The van der Waals surface area contributed by atoms with Gasteiger partial charge in [-0.1, -0.05) is 0 Å². The fraction of sp³-hybridized carbons (Fsp3) is 0.526. The fourth-order valence-electron chi connectivity index (χ4n) is 3.35. The average molecular weight is 356 g/mol. The SMILES string of the molecule is COCCN1CCC(c2nc(N(C)C)ncc2-c2ccc(N)nc2)CC1. The Kier molecular flexibility index (Phi) is 6.00. The van der Waals surface area contributed by atoms with E-state index < -0.39 is 0 Å². The van der Waals surface area contributed by atoms with Crippen molar-refractivity contribution in [2.45, 2.75) is 18.8 Å². The van der Waals surface area contributed by atoms with Gasteiger partial charge in [-0.2, -0.15) is 0 Å². The second-order valence-corrected chi connectivity index (χ2v) is 6.94. The van der Waals surface area contributed by atoms with Gasteiger partial charge in [0.25, 0.3) is 0 Å². The average Bonchev–Trinajstić information content (AvgIpc) is 2.67. The summed E-state index contributed by atoms with van der Waals surface area (Å²) >= 11 is 0. The molecular formula is C19H28N6O. The number of aromatic nitrogens is 3. The number of likely N-dealkylation sites (tertiary alicyclic amines) is 1. The quantitative estimate of drug-likeness (QED) is 0.848. The third-order valence-corrected chi connectivity index (χ3v) is 4.89. The molecule has 0 amide bonds. The van der Waals surface area contributed by atoms with E-state index in [2.05, 4.69) is 14.9 Å². The van der Waals surface area contributed by atoms with Crippen LogP contribution in [0.3, 0.4) is 0 Å². The van der Waals surface area contributed by atoms with Gasteiger partial charge >= 0.3 is 0 Å². The number of pyridine rings is 1. The van der Waals surface area contributed by atoms with E-state index in [1.165, 1.54) is 0 Å². The summed E-state index contributed by atoms with van der Waals surface area (Å²) in [6, 6.07) is 3.82. The van der Waals surface area contributed by atoms with E-state index in [0.29, 0.717) is 11.7 Å². The Morgan fingerprint density at radius 3 is 2.58 bits per heavy atom. The summed E-state index contributed by atoms with van der Waals surface area (Å²) < 4.78 is 5.20. The maximum absolute atomic E-state index is 5.74. The molecule has 2 aromatic heterocycles. The van der Waals surface area contributed by atoms with Gasteiger partial charge in [0.2, 0.25) is 5.95 Å². The summed E-state index contributed by atoms with van der Waals surface area (Å²) in [5.74, 6) is 1.68. The number of nitrogen functional groups attached to an aromatic ring is 1. The maximum atomic E-state index is 5.74. The number of ether oxygens (including phenoxy) is 1. The summed E-state index contributed by atoms with van der Waals surface area (Å²) in [6.07, 6.45) is 5.90. The Bertz CT molecular complexity index is 710. The van der Waals surface area contributed by atoms with Gasteiger partial charge in [-0.15, -0.1) is 0 Å². The lowest BCUT2D eigenvalue weighted by molar-refractivity contribution is 0.130. The number of nitrogens with zero attached hydrogens (tertiary/aromatic N) is 5. The third kappa shape index (κ3) is 4.28. The number of rotatable bonds is 6. The molecule has 1 saturated heterocycles. The van der Waals surface area contributed by atoms with Crippen molar-refractivity contribution in [3.63, 3.8) is 0 Å². The van der Waals surface area contributed by atoms with E-state index in [0.717, 1.165) is 61.9 Å². The Labute approximate surface area is 155 Å². The lowest BCUT2D eigenvalue weighted by atomic mass is 9.89. The zero-order valence-corrected chi connectivity index (χ0v) is 15.9. The Morgan fingerprint density at radius 2 is 1.96 bits per heavy atom. The van der Waals surface area contributed by atoms with Gasteiger partial charge in [0, 0.05) is 57.2 Å². The van der Waals surface area contributed by atoms with Gasteiger partial charge in [-0.05, 0) is 38.1 Å². The Morgan fingerprint density at radius 1 is 1.19 bits per heavy atom. The van der Waals surface area contributed by atoms with Crippen molar-refractivity contribution in [2.75, 3.05) is 58.1 Å². The van der Waals surface area contributed by atoms with Crippen LogP contribution in [0.25, 0.3) is 11.1 Å². The first kappa shape index (κ1) is 18.5. The maximum Gasteiger partial charge on any atom is 0.225 e. The molecule has 0 aromatic carbocycles. The van der Waals surface area contributed by atoms with Crippen LogP contribution in [-0.2, 0) is 4.74 Å². The van der Waals surface area contributed by atoms with E-state index >= 15 is 0 Å². The molecule has 3 heterocycles. The molecule has 0 aliphatic carbocycles. The first-order valence-corrected chi connectivity index (χ1v) is 9.06. The lowest BCUT2D eigenvalue weighted by Crippen LogP contribution is -2.35. The van der Waals surface area contributed by atoms with Crippen molar-refractivity contribution in [1.82, 2.24) is 19.9 Å². The predicted octanol–water partition coefficient (Wildman–Crippen LogP) is 2.01. The molecule has 7 heteroatoms. The summed E-state index contributed by atoms with van der Waals surface area (Å²) in [6.45, 7) is 3.90. The monoisotopic (exact) mass is 356 g/mol. The van der Waals surface area contributed by atoms with E-state index in [-0.39, 0.29) is 0 Å². The highest BCUT2D eigenvalue weighted by molar-refractivity contribution is 5.66. The molecule has 0 atom stereocenters. The van der Waals surface area contributed by atoms with Crippen LogP contribution < -0.4 is 10.6 Å². The van der Waals surface area contributed by atoms with Crippen LogP contribution in [0, 0.1) is 0 Å². The van der Waals surface area contributed by atoms with Crippen LogP contribution in [0.4, 0.5) is 11.8 Å². The largest absolute Gasteiger partial charge is 0.384 e. The first-order valence-electron chi connectivity index (χ1n) is 9.06. The van der Waals surface area contributed by atoms with Crippen LogP contribution in [0.15, 0.2) is 24.5 Å². The number of hydrogen-bond donors (Lipinski definition) is 1. The van der Waals surface area contributed by atoms with Gasteiger partial charge < -0.3 is 20.3 Å². The molecule has 1 aliphatic heterocycles. The van der Waals surface area contributed by atoms with Crippen molar-refractivity contribution in [1.29, 1.82) is 0 Å². The van der Waals surface area contributed by atoms with Crippen LogP contribution >= 0.6 is 0 Å². The van der Waals surface area contributed by atoms with Crippen molar-refractivity contribution in [2.24, 2.45) is 0 Å². The van der Waals surface area contributed by atoms with Crippen LogP contribution in [0.2, 0.25) is 0 Å². The lowest BCUT2D eigenvalue weighted by Gasteiger charge is -2.32. The van der Waals surface area contributed by atoms with E-state index in [1.54, 1.807) is 13.3 Å². The van der Waals surface area contributed by atoms with Gasteiger partial charge in [-0.25, -0.2) is 15.0 Å². The second kappa shape index (κ2) is 8.42. The van der Waals surface area contributed by atoms with Gasteiger partial charge in [0.15, 0.2) is 0 Å². The molecule has 0 unspecified atom stereocenters. The molecular weight excluding hydrogens is 328 g/mol. The molecule has 0 bridgehead atoms. The minimum atomic E-state index is 0.419. The normalized spacial score (nSPS) is 16.0. The number of piperidine rings is 1. The van der Waals surface area contributed by atoms with E-state index in [1.807, 2.05) is 37.3 Å².